The highest BCUT2D eigenvalue weighted by atomic mass is 35.5. The first kappa shape index (κ1) is 20.7. The molecule has 0 spiro atoms. The number of aryl methyl sites for hydroxylation is 1. The van der Waals surface area contributed by atoms with E-state index >= 15 is 0 Å². The summed E-state index contributed by atoms with van der Waals surface area (Å²) in [5, 5.41) is 20.3. The van der Waals surface area contributed by atoms with Crippen LogP contribution in [0.25, 0.3) is 0 Å². The molecule has 4 rings (SSSR count). The maximum Gasteiger partial charge on any atom is 0.408 e. The Morgan fingerprint density at radius 1 is 1.37 bits per heavy atom. The third-order valence-electron chi connectivity index (χ3n) is 6.28. The number of nitrogens with zero attached hydrogens (tertiary/aromatic N) is 3. The molecule has 2 fully saturated rings. The van der Waals surface area contributed by atoms with Crippen molar-refractivity contribution in [1.82, 2.24) is 20.1 Å². The van der Waals surface area contributed by atoms with Crippen molar-refractivity contribution in [2.24, 2.45) is 0 Å². The van der Waals surface area contributed by atoms with Crippen molar-refractivity contribution in [2.45, 2.75) is 69.9 Å². The third-order valence-corrected chi connectivity index (χ3v) is 6.68. The van der Waals surface area contributed by atoms with E-state index in [1.165, 1.54) is 0 Å². The number of aromatic nitrogens is 3. The predicted octanol–water partition coefficient (Wildman–Crippen LogP) is 4.12. The van der Waals surface area contributed by atoms with Crippen LogP contribution in [0.5, 0.6) is 0 Å². The Bertz CT molecular complexity index is 971. The number of nitrogens with one attached hydrogen (secondary N) is 2. The number of H-pyrrole nitrogens is 1. The van der Waals surface area contributed by atoms with E-state index in [1.54, 1.807) is 17.2 Å². The number of anilines is 1. The van der Waals surface area contributed by atoms with Gasteiger partial charge in [0.05, 0.1) is 17.1 Å². The van der Waals surface area contributed by atoms with Crippen LogP contribution in [0.15, 0.2) is 18.3 Å². The first-order chi connectivity index (χ1) is 14.2. The smallest absolute Gasteiger partial charge is 0.408 e. The molecule has 0 saturated heterocycles. The molecule has 2 aliphatic rings. The average Bonchev–Trinajstić information content (AvgIpc) is 3.07. The minimum Gasteiger partial charge on any atom is -0.465 e. The Morgan fingerprint density at radius 3 is 2.80 bits per heavy atom. The Kier molecular flexibility index (Phi) is 5.44. The second-order valence-corrected chi connectivity index (χ2v) is 9.08. The molecule has 2 unspecified atom stereocenters. The van der Waals surface area contributed by atoms with Crippen LogP contribution >= 0.6 is 11.6 Å². The molecule has 2 atom stereocenters. The number of pyridine rings is 1. The number of hydrogen-bond acceptors (Lipinski definition) is 4. The van der Waals surface area contributed by atoms with Crippen LogP contribution in [0, 0.1) is 6.92 Å². The van der Waals surface area contributed by atoms with Crippen LogP contribution in [0.3, 0.4) is 0 Å². The number of amides is 2. The van der Waals surface area contributed by atoms with Gasteiger partial charge in [-0.1, -0.05) is 11.6 Å². The minimum absolute atomic E-state index is 0.0283. The molecule has 2 aliphatic carbocycles. The zero-order chi connectivity index (χ0) is 21.5. The van der Waals surface area contributed by atoms with Gasteiger partial charge in [-0.3, -0.25) is 19.8 Å². The highest BCUT2D eigenvalue weighted by Gasteiger charge is 2.50. The predicted molar refractivity (Wildman–Crippen MR) is 113 cm³/mol. The first-order valence-electron chi connectivity index (χ1n) is 10.2. The molecule has 0 aromatic carbocycles. The largest absolute Gasteiger partial charge is 0.465 e. The van der Waals surface area contributed by atoms with E-state index in [9.17, 15) is 14.7 Å². The molecule has 9 heteroatoms. The zero-order valence-electron chi connectivity index (χ0n) is 17.1. The lowest BCUT2D eigenvalue weighted by Crippen LogP contribution is -2.45. The van der Waals surface area contributed by atoms with E-state index in [0.29, 0.717) is 16.5 Å². The van der Waals surface area contributed by atoms with Gasteiger partial charge in [-0.25, -0.2) is 4.79 Å². The fourth-order valence-electron chi connectivity index (χ4n) is 4.38. The normalized spacial score (nSPS) is 22.0. The van der Waals surface area contributed by atoms with Gasteiger partial charge in [-0.15, -0.1) is 0 Å². The molecule has 2 saturated carbocycles. The van der Waals surface area contributed by atoms with E-state index in [4.69, 9.17) is 11.6 Å². The minimum atomic E-state index is -0.829. The molecular weight excluding hydrogens is 406 g/mol. The van der Waals surface area contributed by atoms with Crippen molar-refractivity contribution in [2.75, 3.05) is 5.32 Å². The maximum atomic E-state index is 12.3. The summed E-state index contributed by atoms with van der Waals surface area (Å²) in [6.45, 7) is 3.89. The van der Waals surface area contributed by atoms with Gasteiger partial charge in [-0.2, -0.15) is 5.10 Å². The molecule has 2 aromatic rings. The summed E-state index contributed by atoms with van der Waals surface area (Å²) in [5.74, 6) is 0.469. The first-order valence-corrected chi connectivity index (χ1v) is 10.6. The SMILES string of the molecule is Cc1cc(CC(=O)Nc2cc(C3CCC(N(C(=O)O)C4(C)CC4)C3)[nH]n2)ncc1Cl. The zero-order valence-corrected chi connectivity index (χ0v) is 17.9. The van der Waals surface area contributed by atoms with E-state index in [0.717, 1.165) is 43.4 Å². The van der Waals surface area contributed by atoms with Crippen molar-refractivity contribution in [3.05, 3.63) is 40.3 Å². The number of carbonyl (C=O) groups excluding carboxylic acids is 1. The summed E-state index contributed by atoms with van der Waals surface area (Å²) >= 11 is 5.97. The monoisotopic (exact) mass is 431 g/mol. The average molecular weight is 432 g/mol. The van der Waals surface area contributed by atoms with Gasteiger partial charge < -0.3 is 10.4 Å². The number of aromatic amines is 1. The summed E-state index contributed by atoms with van der Waals surface area (Å²) < 4.78 is 0. The van der Waals surface area contributed by atoms with Gasteiger partial charge in [0, 0.05) is 35.5 Å². The van der Waals surface area contributed by atoms with E-state index in [-0.39, 0.29) is 29.8 Å². The summed E-state index contributed by atoms with van der Waals surface area (Å²) in [4.78, 5) is 29.9. The van der Waals surface area contributed by atoms with Gasteiger partial charge >= 0.3 is 6.09 Å². The van der Waals surface area contributed by atoms with Crippen LogP contribution in [-0.4, -0.2) is 48.8 Å². The maximum absolute atomic E-state index is 12.3. The fraction of sp³-hybridized carbons (Fsp3) is 0.524. The Morgan fingerprint density at radius 2 is 2.13 bits per heavy atom. The van der Waals surface area contributed by atoms with Crippen LogP contribution in [-0.2, 0) is 11.2 Å². The Labute approximate surface area is 180 Å². The molecule has 0 radical (unpaired) electrons. The summed E-state index contributed by atoms with van der Waals surface area (Å²) in [6.07, 6.45) is 5.23. The van der Waals surface area contributed by atoms with E-state index < -0.39 is 6.09 Å². The van der Waals surface area contributed by atoms with E-state index in [1.807, 2.05) is 19.9 Å². The third kappa shape index (κ3) is 4.28. The molecular formula is C21H26ClN5O3. The molecule has 3 N–H and O–H groups in total. The summed E-state index contributed by atoms with van der Waals surface area (Å²) in [7, 11) is 0. The van der Waals surface area contributed by atoms with Gasteiger partial charge in [-0.05, 0) is 57.6 Å². The molecule has 160 valence electrons. The van der Waals surface area contributed by atoms with Gasteiger partial charge in [0.25, 0.3) is 0 Å². The number of carbonyl (C=O) groups is 2. The molecule has 2 heterocycles. The van der Waals surface area contributed by atoms with Gasteiger partial charge in [0.15, 0.2) is 5.82 Å². The lowest BCUT2D eigenvalue weighted by Gasteiger charge is -2.32. The van der Waals surface area contributed by atoms with Gasteiger partial charge in [0.2, 0.25) is 5.91 Å². The number of hydrogen-bond donors (Lipinski definition) is 3. The lowest BCUT2D eigenvalue weighted by molar-refractivity contribution is -0.115. The lowest BCUT2D eigenvalue weighted by atomic mass is 10.0. The standard InChI is InChI=1S/C21H26ClN5O3/c1-12-7-14(23-11-16(12)22)9-19(28)24-18-10-17(25-26-18)13-3-4-15(8-13)27(20(29)30)21(2)5-6-21/h7,10-11,13,15H,3-6,8-9H2,1-2H3,(H,29,30)(H2,24,25,26,28). The van der Waals surface area contributed by atoms with Crippen molar-refractivity contribution >= 4 is 29.4 Å². The highest BCUT2D eigenvalue weighted by Crippen LogP contribution is 2.47. The van der Waals surface area contributed by atoms with E-state index in [2.05, 4.69) is 20.5 Å². The van der Waals surface area contributed by atoms with Crippen LogP contribution in [0.4, 0.5) is 10.6 Å². The number of rotatable bonds is 6. The quantitative estimate of drug-likeness (QED) is 0.637. The molecule has 8 nitrogen and oxygen atoms in total. The van der Waals surface area contributed by atoms with Gasteiger partial charge in [0.1, 0.15) is 0 Å². The number of halogens is 1. The summed E-state index contributed by atoms with van der Waals surface area (Å²) in [6, 6.07) is 3.67. The van der Waals surface area contributed by atoms with Crippen LogP contribution in [0.2, 0.25) is 5.02 Å². The van der Waals surface area contributed by atoms with Crippen LogP contribution in [0.1, 0.15) is 61.9 Å². The summed E-state index contributed by atoms with van der Waals surface area (Å²) in [5.41, 5.74) is 2.25. The van der Waals surface area contributed by atoms with Crippen molar-refractivity contribution < 1.29 is 14.7 Å². The topological polar surface area (TPSA) is 111 Å². The molecule has 30 heavy (non-hydrogen) atoms. The highest BCUT2D eigenvalue weighted by molar-refractivity contribution is 6.31. The van der Waals surface area contributed by atoms with Crippen molar-refractivity contribution in [3.63, 3.8) is 0 Å². The molecule has 0 bridgehead atoms. The molecule has 2 aromatic heterocycles. The molecule has 2 amide bonds. The second kappa shape index (κ2) is 7.91. The second-order valence-electron chi connectivity index (χ2n) is 8.67. The Hall–Kier alpha value is -2.61. The van der Waals surface area contributed by atoms with Crippen molar-refractivity contribution in [3.8, 4) is 0 Å². The fourth-order valence-corrected chi connectivity index (χ4v) is 4.48. The number of carboxylic acid groups (broad SMARTS) is 1. The Balaban J connectivity index is 1.35. The molecule has 0 aliphatic heterocycles. The van der Waals surface area contributed by atoms with Crippen molar-refractivity contribution in [1.29, 1.82) is 0 Å². The van der Waals surface area contributed by atoms with Crippen LogP contribution < -0.4 is 5.32 Å².